The second-order valence-corrected chi connectivity index (χ2v) is 5.77. The summed E-state index contributed by atoms with van der Waals surface area (Å²) >= 11 is 0. The number of rotatable bonds is 6. The zero-order chi connectivity index (χ0) is 13.0. The summed E-state index contributed by atoms with van der Waals surface area (Å²) in [7, 11) is 0. The molecule has 102 valence electrons. The molecule has 3 nitrogen and oxygen atoms in total. The first-order chi connectivity index (χ1) is 8.72. The van der Waals surface area contributed by atoms with Crippen molar-refractivity contribution in [3.05, 3.63) is 11.5 Å². The number of nitrogen functional groups attached to an aromatic ring is 1. The average Bonchev–Trinajstić information content (AvgIpc) is 2.65. The summed E-state index contributed by atoms with van der Waals surface area (Å²) < 4.78 is 2.24. The van der Waals surface area contributed by atoms with E-state index in [4.69, 9.17) is 10.7 Å². The van der Waals surface area contributed by atoms with Gasteiger partial charge in [-0.25, -0.2) is 4.98 Å². The van der Waals surface area contributed by atoms with Crippen LogP contribution in [-0.4, -0.2) is 9.55 Å². The Bertz CT molecular complexity index is 381. The van der Waals surface area contributed by atoms with Crippen LogP contribution in [0.15, 0.2) is 0 Å². The van der Waals surface area contributed by atoms with Gasteiger partial charge in [-0.1, -0.05) is 39.5 Å². The lowest BCUT2D eigenvalue weighted by molar-refractivity contribution is 0.412. The van der Waals surface area contributed by atoms with Crippen LogP contribution < -0.4 is 5.73 Å². The van der Waals surface area contributed by atoms with Crippen LogP contribution in [-0.2, 0) is 19.4 Å². The molecule has 0 spiro atoms. The van der Waals surface area contributed by atoms with Crippen molar-refractivity contribution in [3.8, 4) is 0 Å². The minimum absolute atomic E-state index is 0.761. The molecule has 1 aliphatic heterocycles. The van der Waals surface area contributed by atoms with Gasteiger partial charge in [0.15, 0.2) is 0 Å². The van der Waals surface area contributed by atoms with E-state index in [1.165, 1.54) is 44.3 Å². The third-order valence-corrected chi connectivity index (χ3v) is 4.06. The van der Waals surface area contributed by atoms with Crippen LogP contribution in [0, 0.1) is 5.92 Å². The number of unbranched alkanes of at least 4 members (excludes halogenated alkanes) is 4. The van der Waals surface area contributed by atoms with Crippen LogP contribution >= 0.6 is 0 Å². The molecule has 0 bridgehead atoms. The first-order valence-electron chi connectivity index (χ1n) is 7.56. The molecule has 0 saturated carbocycles. The monoisotopic (exact) mass is 249 g/mol. The van der Waals surface area contributed by atoms with Crippen molar-refractivity contribution in [2.24, 2.45) is 5.92 Å². The van der Waals surface area contributed by atoms with Gasteiger partial charge in [0.05, 0.1) is 5.69 Å². The van der Waals surface area contributed by atoms with Crippen LogP contribution in [0.3, 0.4) is 0 Å². The summed E-state index contributed by atoms with van der Waals surface area (Å²) in [6.07, 6.45) is 9.95. The maximum atomic E-state index is 6.21. The number of nitrogens with two attached hydrogens (primary N) is 1. The molecule has 0 radical (unpaired) electrons. The van der Waals surface area contributed by atoms with E-state index in [9.17, 15) is 0 Å². The second-order valence-electron chi connectivity index (χ2n) is 5.77. The third-order valence-electron chi connectivity index (χ3n) is 4.06. The summed E-state index contributed by atoms with van der Waals surface area (Å²) in [5.74, 6) is 2.92. The van der Waals surface area contributed by atoms with Gasteiger partial charge < -0.3 is 10.3 Å². The Balaban J connectivity index is 1.89. The molecule has 0 saturated heterocycles. The Hall–Kier alpha value is -0.990. The molecule has 2 heterocycles. The molecule has 1 aromatic rings. The molecule has 1 aromatic heterocycles. The Labute approximate surface area is 111 Å². The fraction of sp³-hybridized carbons (Fsp3) is 0.800. The zero-order valence-electron chi connectivity index (χ0n) is 11.9. The van der Waals surface area contributed by atoms with Crippen LogP contribution in [0.5, 0.6) is 0 Å². The molecule has 1 aliphatic rings. The number of hydrogen-bond donors (Lipinski definition) is 1. The highest BCUT2D eigenvalue weighted by atomic mass is 15.1. The number of hydrogen-bond acceptors (Lipinski definition) is 2. The quantitative estimate of drug-likeness (QED) is 0.783. The molecule has 1 unspecified atom stereocenters. The zero-order valence-corrected chi connectivity index (χ0v) is 11.9. The number of aryl methyl sites for hydroxylation is 1. The molecule has 2 N–H and O–H groups in total. The van der Waals surface area contributed by atoms with E-state index >= 15 is 0 Å². The van der Waals surface area contributed by atoms with Crippen molar-refractivity contribution >= 4 is 5.82 Å². The number of nitrogens with zero attached hydrogens (tertiary/aromatic N) is 2. The molecule has 1 atom stereocenters. The number of aromatic nitrogens is 2. The van der Waals surface area contributed by atoms with Gasteiger partial charge in [-0.3, -0.25) is 0 Å². The topological polar surface area (TPSA) is 43.8 Å². The number of fused-ring (bicyclic) bond motifs is 1. The summed E-state index contributed by atoms with van der Waals surface area (Å²) in [6.45, 7) is 5.62. The summed E-state index contributed by atoms with van der Waals surface area (Å²) in [5.41, 5.74) is 7.36. The first kappa shape index (κ1) is 13.4. The average molecular weight is 249 g/mol. The number of anilines is 1. The van der Waals surface area contributed by atoms with E-state index in [-0.39, 0.29) is 0 Å². The maximum absolute atomic E-state index is 6.21. The van der Waals surface area contributed by atoms with E-state index in [1.54, 1.807) is 0 Å². The minimum atomic E-state index is 0.761. The smallest absolute Gasteiger partial charge is 0.126 e. The summed E-state index contributed by atoms with van der Waals surface area (Å²) in [6, 6.07) is 0. The molecule has 2 rings (SSSR count). The van der Waals surface area contributed by atoms with Crippen LogP contribution in [0.25, 0.3) is 0 Å². The van der Waals surface area contributed by atoms with Crippen molar-refractivity contribution in [1.29, 1.82) is 0 Å². The Morgan fingerprint density at radius 1 is 1.28 bits per heavy atom. The fourth-order valence-corrected chi connectivity index (χ4v) is 2.82. The van der Waals surface area contributed by atoms with Gasteiger partial charge in [0.2, 0.25) is 0 Å². The number of imidazole rings is 1. The summed E-state index contributed by atoms with van der Waals surface area (Å²) in [4.78, 5) is 4.76. The van der Waals surface area contributed by atoms with Crippen molar-refractivity contribution in [3.63, 3.8) is 0 Å². The van der Waals surface area contributed by atoms with Gasteiger partial charge in [0, 0.05) is 13.0 Å². The van der Waals surface area contributed by atoms with E-state index in [0.717, 1.165) is 36.8 Å². The molecule has 3 heteroatoms. The van der Waals surface area contributed by atoms with E-state index in [0.29, 0.717) is 0 Å². The highest BCUT2D eigenvalue weighted by molar-refractivity contribution is 5.39. The first-order valence-corrected chi connectivity index (χ1v) is 7.56. The fourth-order valence-electron chi connectivity index (χ4n) is 2.82. The lowest BCUT2D eigenvalue weighted by Gasteiger charge is -2.20. The molecule has 0 fully saturated rings. The lowest BCUT2D eigenvalue weighted by atomic mass is 10.0. The largest absolute Gasteiger partial charge is 0.384 e. The van der Waals surface area contributed by atoms with Gasteiger partial charge in [0.1, 0.15) is 11.6 Å². The SMILES string of the molecule is CCCCCCCc1nc2n(c1N)CCC(C)C2. The van der Waals surface area contributed by atoms with Crippen molar-refractivity contribution in [2.75, 3.05) is 5.73 Å². The molecular weight excluding hydrogens is 222 g/mol. The van der Waals surface area contributed by atoms with Gasteiger partial charge in [-0.15, -0.1) is 0 Å². The predicted molar refractivity (Wildman–Crippen MR) is 76.6 cm³/mol. The highest BCUT2D eigenvalue weighted by Crippen LogP contribution is 2.25. The van der Waals surface area contributed by atoms with E-state index in [2.05, 4.69) is 18.4 Å². The Morgan fingerprint density at radius 3 is 2.83 bits per heavy atom. The minimum Gasteiger partial charge on any atom is -0.384 e. The molecule has 0 aliphatic carbocycles. The third kappa shape index (κ3) is 3.06. The predicted octanol–water partition coefficient (Wildman–Crippen LogP) is 3.56. The van der Waals surface area contributed by atoms with Gasteiger partial charge in [0.25, 0.3) is 0 Å². The highest BCUT2D eigenvalue weighted by Gasteiger charge is 2.20. The van der Waals surface area contributed by atoms with Crippen molar-refractivity contribution in [2.45, 2.75) is 71.8 Å². The molecule has 18 heavy (non-hydrogen) atoms. The lowest BCUT2D eigenvalue weighted by Crippen LogP contribution is -2.18. The van der Waals surface area contributed by atoms with Crippen molar-refractivity contribution in [1.82, 2.24) is 9.55 Å². The van der Waals surface area contributed by atoms with Gasteiger partial charge in [-0.2, -0.15) is 0 Å². The second kappa shape index (κ2) is 6.26. The van der Waals surface area contributed by atoms with Gasteiger partial charge >= 0.3 is 0 Å². The normalized spacial score (nSPS) is 18.9. The van der Waals surface area contributed by atoms with Gasteiger partial charge in [-0.05, 0) is 25.2 Å². The molecule has 0 amide bonds. The van der Waals surface area contributed by atoms with Crippen LogP contribution in [0.2, 0.25) is 0 Å². The van der Waals surface area contributed by atoms with Crippen molar-refractivity contribution < 1.29 is 0 Å². The van der Waals surface area contributed by atoms with E-state index < -0.39 is 0 Å². The summed E-state index contributed by atoms with van der Waals surface area (Å²) in [5, 5.41) is 0. The maximum Gasteiger partial charge on any atom is 0.126 e. The standard InChI is InChI=1S/C15H27N3/c1-3-4-5-6-7-8-13-15(16)18-10-9-12(2)11-14(18)17-13/h12H,3-11,16H2,1-2H3. The van der Waals surface area contributed by atoms with E-state index in [1.807, 2.05) is 0 Å². The Kier molecular flexibility index (Phi) is 4.67. The van der Waals surface area contributed by atoms with Crippen LogP contribution in [0.4, 0.5) is 5.82 Å². The Morgan fingerprint density at radius 2 is 2.06 bits per heavy atom. The molecule has 0 aromatic carbocycles. The van der Waals surface area contributed by atoms with Crippen LogP contribution in [0.1, 0.15) is 63.9 Å². The molecular formula is C15H27N3.